The van der Waals surface area contributed by atoms with Crippen molar-refractivity contribution in [1.82, 2.24) is 5.32 Å². The Hall–Kier alpha value is -1.75. The summed E-state index contributed by atoms with van der Waals surface area (Å²) in [7, 11) is 0. The Morgan fingerprint density at radius 2 is 1.95 bits per heavy atom. The third-order valence-corrected chi connectivity index (χ3v) is 2.86. The highest BCUT2D eigenvalue weighted by Crippen LogP contribution is 2.21. The fourth-order valence-corrected chi connectivity index (χ4v) is 1.69. The maximum Gasteiger partial charge on any atom is 0.337 e. The first-order valence-corrected chi connectivity index (χ1v) is 6.64. The summed E-state index contributed by atoms with van der Waals surface area (Å²) in [6.45, 7) is 6.75. The zero-order valence-electron chi connectivity index (χ0n) is 11.8. The van der Waals surface area contributed by atoms with Crippen LogP contribution in [-0.4, -0.2) is 23.7 Å². The monoisotopic (exact) mass is 298 g/mol. The van der Waals surface area contributed by atoms with Crippen LogP contribution in [0.1, 0.15) is 37.6 Å². The van der Waals surface area contributed by atoms with E-state index in [4.69, 9.17) is 16.7 Å². The van der Waals surface area contributed by atoms with Crippen molar-refractivity contribution in [1.29, 1.82) is 0 Å². The van der Waals surface area contributed by atoms with Gasteiger partial charge in [-0.25, -0.2) is 9.59 Å². The van der Waals surface area contributed by atoms with E-state index in [9.17, 15) is 9.59 Å². The minimum absolute atomic E-state index is 0.0385. The molecule has 0 unspecified atom stereocenters. The second-order valence-corrected chi connectivity index (χ2v) is 6.12. The average Bonchev–Trinajstić information content (AvgIpc) is 2.29. The standard InChI is InChI=1S/C14H19ClN2O3/c1-14(2,3)6-7-16-13(20)17-11-5-4-9(15)8-10(11)12(18)19/h4-5,8H,6-7H2,1-3H3,(H,18,19)(H2,16,17,20). The molecular weight excluding hydrogens is 280 g/mol. The van der Waals surface area contributed by atoms with Gasteiger partial charge < -0.3 is 15.7 Å². The van der Waals surface area contributed by atoms with Crippen molar-refractivity contribution in [3.8, 4) is 0 Å². The van der Waals surface area contributed by atoms with Gasteiger partial charge in [-0.15, -0.1) is 0 Å². The largest absolute Gasteiger partial charge is 0.478 e. The zero-order chi connectivity index (χ0) is 15.3. The van der Waals surface area contributed by atoms with Gasteiger partial charge in [0, 0.05) is 11.6 Å². The Bertz CT molecular complexity index is 510. The molecule has 20 heavy (non-hydrogen) atoms. The van der Waals surface area contributed by atoms with Crippen molar-refractivity contribution in [2.45, 2.75) is 27.2 Å². The molecule has 1 rings (SSSR count). The lowest BCUT2D eigenvalue weighted by Crippen LogP contribution is -2.31. The van der Waals surface area contributed by atoms with Crippen molar-refractivity contribution in [2.24, 2.45) is 5.41 Å². The number of nitrogens with one attached hydrogen (secondary N) is 2. The number of carboxylic acid groups (broad SMARTS) is 1. The van der Waals surface area contributed by atoms with Crippen LogP contribution >= 0.6 is 11.6 Å². The van der Waals surface area contributed by atoms with E-state index < -0.39 is 12.0 Å². The van der Waals surface area contributed by atoms with Crippen molar-refractivity contribution in [3.63, 3.8) is 0 Å². The van der Waals surface area contributed by atoms with Crippen molar-refractivity contribution < 1.29 is 14.7 Å². The first-order chi connectivity index (χ1) is 9.19. The Morgan fingerprint density at radius 3 is 2.50 bits per heavy atom. The van der Waals surface area contributed by atoms with Crippen molar-refractivity contribution in [3.05, 3.63) is 28.8 Å². The normalized spacial score (nSPS) is 11.0. The lowest BCUT2D eigenvalue weighted by molar-refractivity contribution is 0.0698. The van der Waals surface area contributed by atoms with Gasteiger partial charge in [0.15, 0.2) is 0 Å². The predicted molar refractivity (Wildman–Crippen MR) is 79.5 cm³/mol. The Balaban J connectivity index is 2.64. The smallest absolute Gasteiger partial charge is 0.337 e. The summed E-state index contributed by atoms with van der Waals surface area (Å²) in [5.74, 6) is -1.14. The second kappa shape index (κ2) is 6.61. The fraction of sp³-hybridized carbons (Fsp3) is 0.429. The number of urea groups is 1. The molecule has 0 aliphatic carbocycles. The quantitative estimate of drug-likeness (QED) is 0.794. The number of carboxylic acids is 1. The molecule has 110 valence electrons. The summed E-state index contributed by atoms with van der Waals surface area (Å²) in [5.41, 5.74) is 0.304. The molecule has 0 aliphatic rings. The number of amides is 2. The summed E-state index contributed by atoms with van der Waals surface area (Å²) < 4.78 is 0. The minimum Gasteiger partial charge on any atom is -0.478 e. The van der Waals surface area contributed by atoms with Crippen LogP contribution < -0.4 is 10.6 Å². The molecule has 0 aromatic heterocycles. The van der Waals surface area contributed by atoms with E-state index in [0.717, 1.165) is 6.42 Å². The molecule has 0 atom stereocenters. The lowest BCUT2D eigenvalue weighted by atomic mass is 9.92. The molecule has 0 saturated carbocycles. The van der Waals surface area contributed by atoms with Gasteiger partial charge in [0.25, 0.3) is 0 Å². The average molecular weight is 299 g/mol. The fourth-order valence-electron chi connectivity index (χ4n) is 1.52. The second-order valence-electron chi connectivity index (χ2n) is 5.69. The number of rotatable bonds is 4. The summed E-state index contributed by atoms with van der Waals surface area (Å²) in [4.78, 5) is 22.8. The van der Waals surface area contributed by atoms with Crippen LogP contribution in [0.3, 0.4) is 0 Å². The molecule has 1 aromatic carbocycles. The van der Waals surface area contributed by atoms with Crippen LogP contribution in [0, 0.1) is 5.41 Å². The molecular formula is C14H19ClN2O3. The first-order valence-electron chi connectivity index (χ1n) is 6.27. The first kappa shape index (κ1) is 16.3. The molecule has 2 amide bonds. The van der Waals surface area contributed by atoms with Gasteiger partial charge >= 0.3 is 12.0 Å². The van der Waals surface area contributed by atoms with Crippen LogP contribution in [0.4, 0.5) is 10.5 Å². The molecule has 0 heterocycles. The Kier molecular flexibility index (Phi) is 5.39. The van der Waals surface area contributed by atoms with E-state index in [1.807, 2.05) is 0 Å². The highest BCUT2D eigenvalue weighted by atomic mass is 35.5. The number of benzene rings is 1. The molecule has 0 spiro atoms. The van der Waals surface area contributed by atoms with Gasteiger partial charge in [-0.05, 0) is 30.0 Å². The zero-order valence-corrected chi connectivity index (χ0v) is 12.5. The lowest BCUT2D eigenvalue weighted by Gasteiger charge is -2.18. The van der Waals surface area contributed by atoms with E-state index in [0.29, 0.717) is 11.6 Å². The molecule has 0 bridgehead atoms. The van der Waals surface area contributed by atoms with Crippen LogP contribution in [0.15, 0.2) is 18.2 Å². The van der Waals surface area contributed by atoms with Gasteiger partial charge in [0.05, 0.1) is 11.3 Å². The summed E-state index contributed by atoms with van der Waals surface area (Å²) in [5, 5.41) is 14.6. The third-order valence-electron chi connectivity index (χ3n) is 2.62. The minimum atomic E-state index is -1.14. The SMILES string of the molecule is CC(C)(C)CCNC(=O)Nc1ccc(Cl)cc1C(=O)O. The van der Waals surface area contributed by atoms with Crippen LogP contribution in [-0.2, 0) is 0 Å². The van der Waals surface area contributed by atoms with Gasteiger partial charge in [-0.3, -0.25) is 0 Å². The number of halogens is 1. The Labute approximate surface area is 123 Å². The predicted octanol–water partition coefficient (Wildman–Crippen LogP) is 3.60. The molecule has 1 aromatic rings. The Morgan fingerprint density at radius 1 is 1.30 bits per heavy atom. The number of hydrogen-bond acceptors (Lipinski definition) is 2. The van der Waals surface area contributed by atoms with E-state index in [1.165, 1.54) is 18.2 Å². The number of hydrogen-bond donors (Lipinski definition) is 3. The number of anilines is 1. The summed E-state index contributed by atoms with van der Waals surface area (Å²) in [6, 6.07) is 3.86. The third kappa shape index (κ3) is 5.48. The molecule has 0 aliphatic heterocycles. The highest BCUT2D eigenvalue weighted by molar-refractivity contribution is 6.31. The molecule has 3 N–H and O–H groups in total. The number of aromatic carboxylic acids is 1. The molecule has 0 saturated heterocycles. The maximum absolute atomic E-state index is 11.7. The van der Waals surface area contributed by atoms with Crippen molar-refractivity contribution in [2.75, 3.05) is 11.9 Å². The van der Waals surface area contributed by atoms with E-state index in [2.05, 4.69) is 31.4 Å². The van der Waals surface area contributed by atoms with Gasteiger partial charge in [-0.2, -0.15) is 0 Å². The number of carbonyl (C=O) groups excluding carboxylic acids is 1. The summed E-state index contributed by atoms with van der Waals surface area (Å²) >= 11 is 5.74. The molecule has 0 fully saturated rings. The van der Waals surface area contributed by atoms with Gasteiger partial charge in [0.1, 0.15) is 0 Å². The number of carbonyl (C=O) groups is 2. The van der Waals surface area contributed by atoms with E-state index >= 15 is 0 Å². The van der Waals surface area contributed by atoms with E-state index in [1.54, 1.807) is 0 Å². The van der Waals surface area contributed by atoms with Crippen molar-refractivity contribution >= 4 is 29.3 Å². The topological polar surface area (TPSA) is 78.4 Å². The van der Waals surface area contributed by atoms with Crippen LogP contribution in [0.5, 0.6) is 0 Å². The van der Waals surface area contributed by atoms with E-state index in [-0.39, 0.29) is 16.7 Å². The van der Waals surface area contributed by atoms with Crippen LogP contribution in [0.2, 0.25) is 5.02 Å². The van der Waals surface area contributed by atoms with Gasteiger partial charge in [0.2, 0.25) is 0 Å². The maximum atomic E-state index is 11.7. The highest BCUT2D eigenvalue weighted by Gasteiger charge is 2.14. The van der Waals surface area contributed by atoms with Crippen LogP contribution in [0.25, 0.3) is 0 Å². The molecule has 0 radical (unpaired) electrons. The summed E-state index contributed by atoms with van der Waals surface area (Å²) in [6.07, 6.45) is 0.826. The molecule has 6 heteroatoms. The molecule has 5 nitrogen and oxygen atoms in total. The van der Waals surface area contributed by atoms with Gasteiger partial charge in [-0.1, -0.05) is 32.4 Å².